The molecule has 1 N–H and O–H groups in total. The molecule has 1 aliphatic carbocycles. The molecule has 0 amide bonds. The first kappa shape index (κ1) is 13.2. The highest BCUT2D eigenvalue weighted by Crippen LogP contribution is 2.30. The number of hydrogen-bond donors (Lipinski definition) is 1. The van der Waals surface area contributed by atoms with Gasteiger partial charge >= 0.3 is 0 Å². The zero-order chi connectivity index (χ0) is 10.9. The van der Waals surface area contributed by atoms with Crippen molar-refractivity contribution < 1.29 is 9.84 Å². The SMILES string of the molecule is C=COC=C.CCC1(O)CCCCC1. The zero-order valence-corrected chi connectivity index (χ0v) is 9.17. The molecule has 82 valence electrons. The Hall–Kier alpha value is -0.760. The maximum atomic E-state index is 9.68. The van der Waals surface area contributed by atoms with Gasteiger partial charge in [0.25, 0.3) is 0 Å². The van der Waals surface area contributed by atoms with Crippen molar-refractivity contribution in [1.82, 2.24) is 0 Å². The predicted molar refractivity (Wildman–Crippen MR) is 59.8 cm³/mol. The summed E-state index contributed by atoms with van der Waals surface area (Å²) >= 11 is 0. The molecule has 0 aliphatic heterocycles. The molecule has 1 saturated carbocycles. The maximum Gasteiger partial charge on any atom is 0.0829 e. The molecule has 0 aromatic rings. The minimum atomic E-state index is -0.280. The van der Waals surface area contributed by atoms with E-state index in [0.717, 1.165) is 19.3 Å². The molecular formula is C12H22O2. The third-order valence-corrected chi connectivity index (χ3v) is 2.63. The summed E-state index contributed by atoms with van der Waals surface area (Å²) in [6.45, 7) is 8.59. The Balaban J connectivity index is 0.000000292. The first-order valence-corrected chi connectivity index (χ1v) is 5.28. The highest BCUT2D eigenvalue weighted by atomic mass is 16.5. The highest BCUT2D eigenvalue weighted by Gasteiger charge is 2.26. The van der Waals surface area contributed by atoms with Crippen LogP contribution in [0.25, 0.3) is 0 Å². The van der Waals surface area contributed by atoms with E-state index in [1.54, 1.807) is 0 Å². The second kappa shape index (κ2) is 7.63. The Morgan fingerprint density at radius 1 is 1.21 bits per heavy atom. The van der Waals surface area contributed by atoms with E-state index in [1.807, 2.05) is 0 Å². The molecule has 0 saturated heterocycles. The number of rotatable bonds is 3. The third-order valence-electron chi connectivity index (χ3n) is 2.63. The lowest BCUT2D eigenvalue weighted by Crippen LogP contribution is -2.29. The monoisotopic (exact) mass is 198 g/mol. The minimum absolute atomic E-state index is 0.280. The van der Waals surface area contributed by atoms with Crippen LogP contribution in [0.2, 0.25) is 0 Å². The second-order valence-electron chi connectivity index (χ2n) is 3.61. The Morgan fingerprint density at radius 3 is 1.93 bits per heavy atom. The smallest absolute Gasteiger partial charge is 0.0829 e. The Kier molecular flexibility index (Phi) is 7.21. The average Bonchev–Trinajstić information content (AvgIpc) is 2.21. The minimum Gasteiger partial charge on any atom is -0.474 e. The van der Waals surface area contributed by atoms with Crippen LogP contribution in [0.15, 0.2) is 25.7 Å². The van der Waals surface area contributed by atoms with Crippen LogP contribution in [0.1, 0.15) is 45.4 Å². The van der Waals surface area contributed by atoms with Gasteiger partial charge in [-0.1, -0.05) is 39.3 Å². The molecule has 0 aromatic heterocycles. The van der Waals surface area contributed by atoms with Crippen molar-refractivity contribution >= 4 is 0 Å². The van der Waals surface area contributed by atoms with Crippen LogP contribution in [-0.4, -0.2) is 10.7 Å². The van der Waals surface area contributed by atoms with Gasteiger partial charge in [0.2, 0.25) is 0 Å². The van der Waals surface area contributed by atoms with Gasteiger partial charge in [0, 0.05) is 0 Å². The van der Waals surface area contributed by atoms with Crippen molar-refractivity contribution in [2.75, 3.05) is 0 Å². The number of hydrogen-bond acceptors (Lipinski definition) is 2. The fourth-order valence-electron chi connectivity index (χ4n) is 1.63. The van der Waals surface area contributed by atoms with E-state index >= 15 is 0 Å². The fraction of sp³-hybridized carbons (Fsp3) is 0.667. The van der Waals surface area contributed by atoms with Crippen LogP contribution < -0.4 is 0 Å². The van der Waals surface area contributed by atoms with Crippen LogP contribution in [0.5, 0.6) is 0 Å². The molecule has 0 radical (unpaired) electrons. The summed E-state index contributed by atoms with van der Waals surface area (Å²) in [5.74, 6) is 0. The summed E-state index contributed by atoms with van der Waals surface area (Å²) in [6.07, 6.45) is 9.40. The third kappa shape index (κ3) is 5.81. The van der Waals surface area contributed by atoms with E-state index in [0.29, 0.717) is 0 Å². The predicted octanol–water partition coefficient (Wildman–Crippen LogP) is 3.38. The van der Waals surface area contributed by atoms with Gasteiger partial charge in [0.15, 0.2) is 0 Å². The van der Waals surface area contributed by atoms with E-state index in [-0.39, 0.29) is 5.60 Å². The number of ether oxygens (including phenoxy) is 1. The lowest BCUT2D eigenvalue weighted by Gasteiger charge is -2.30. The van der Waals surface area contributed by atoms with Gasteiger partial charge < -0.3 is 9.84 Å². The van der Waals surface area contributed by atoms with E-state index in [1.165, 1.54) is 31.8 Å². The molecule has 1 fully saturated rings. The standard InChI is InChI=1S/C8H16O.C4H6O/c1-2-8(9)6-4-3-5-7-8;1-3-5-4-2/h9H,2-7H2,1H3;3-4H,1-2H2. The summed E-state index contributed by atoms with van der Waals surface area (Å²) in [5, 5.41) is 9.68. The summed E-state index contributed by atoms with van der Waals surface area (Å²) in [6, 6.07) is 0. The normalized spacial score (nSPS) is 18.7. The van der Waals surface area contributed by atoms with Crippen molar-refractivity contribution in [3.63, 3.8) is 0 Å². The fourth-order valence-corrected chi connectivity index (χ4v) is 1.63. The summed E-state index contributed by atoms with van der Waals surface area (Å²) in [5.41, 5.74) is -0.280. The lowest BCUT2D eigenvalue weighted by atomic mass is 9.83. The van der Waals surface area contributed by atoms with Gasteiger partial charge in [-0.3, -0.25) is 0 Å². The van der Waals surface area contributed by atoms with Crippen molar-refractivity contribution in [3.8, 4) is 0 Å². The van der Waals surface area contributed by atoms with Crippen molar-refractivity contribution in [1.29, 1.82) is 0 Å². The summed E-state index contributed by atoms with van der Waals surface area (Å²) < 4.78 is 4.36. The quantitative estimate of drug-likeness (QED) is 0.704. The molecule has 0 bridgehead atoms. The molecule has 0 unspecified atom stereocenters. The van der Waals surface area contributed by atoms with Crippen LogP contribution in [-0.2, 0) is 4.74 Å². The molecule has 1 rings (SSSR count). The Bertz CT molecular complexity index is 152. The van der Waals surface area contributed by atoms with Gasteiger partial charge in [0.05, 0.1) is 18.1 Å². The molecule has 0 spiro atoms. The summed E-state index contributed by atoms with van der Waals surface area (Å²) in [7, 11) is 0. The molecule has 0 atom stereocenters. The lowest BCUT2D eigenvalue weighted by molar-refractivity contribution is 0.000673. The average molecular weight is 198 g/mol. The largest absolute Gasteiger partial charge is 0.474 e. The first-order chi connectivity index (χ1) is 6.68. The molecule has 2 heteroatoms. The van der Waals surface area contributed by atoms with Crippen LogP contribution in [0, 0.1) is 0 Å². The zero-order valence-electron chi connectivity index (χ0n) is 9.17. The van der Waals surface area contributed by atoms with E-state index in [2.05, 4.69) is 24.8 Å². The van der Waals surface area contributed by atoms with E-state index in [9.17, 15) is 5.11 Å². The van der Waals surface area contributed by atoms with Gasteiger partial charge in [-0.2, -0.15) is 0 Å². The molecule has 0 heterocycles. The van der Waals surface area contributed by atoms with Gasteiger partial charge in [-0.15, -0.1) is 0 Å². The van der Waals surface area contributed by atoms with Crippen molar-refractivity contribution in [2.45, 2.75) is 51.0 Å². The van der Waals surface area contributed by atoms with Crippen LogP contribution in [0.3, 0.4) is 0 Å². The maximum absolute atomic E-state index is 9.68. The molecule has 0 aromatic carbocycles. The molecule has 14 heavy (non-hydrogen) atoms. The van der Waals surface area contributed by atoms with E-state index in [4.69, 9.17) is 0 Å². The Labute approximate surface area is 87.3 Å². The Morgan fingerprint density at radius 2 is 1.71 bits per heavy atom. The van der Waals surface area contributed by atoms with Gasteiger partial charge in [0.1, 0.15) is 0 Å². The van der Waals surface area contributed by atoms with Gasteiger partial charge in [-0.05, 0) is 19.3 Å². The molecule has 1 aliphatic rings. The molecular weight excluding hydrogens is 176 g/mol. The van der Waals surface area contributed by atoms with Crippen molar-refractivity contribution in [2.24, 2.45) is 0 Å². The second-order valence-corrected chi connectivity index (χ2v) is 3.61. The van der Waals surface area contributed by atoms with Crippen LogP contribution in [0.4, 0.5) is 0 Å². The van der Waals surface area contributed by atoms with Crippen molar-refractivity contribution in [3.05, 3.63) is 25.7 Å². The first-order valence-electron chi connectivity index (χ1n) is 5.28. The van der Waals surface area contributed by atoms with Gasteiger partial charge in [-0.25, -0.2) is 0 Å². The van der Waals surface area contributed by atoms with Crippen LogP contribution >= 0.6 is 0 Å². The number of aliphatic hydroxyl groups is 1. The summed E-state index contributed by atoms with van der Waals surface area (Å²) in [4.78, 5) is 0. The topological polar surface area (TPSA) is 29.5 Å². The highest BCUT2D eigenvalue weighted by molar-refractivity contribution is 4.79. The molecule has 2 nitrogen and oxygen atoms in total. The van der Waals surface area contributed by atoms with E-state index < -0.39 is 0 Å².